The average Bonchev–Trinajstić information content (AvgIpc) is 3.67. The van der Waals surface area contributed by atoms with Crippen molar-refractivity contribution in [3.05, 3.63) is 206 Å². The monoisotopic (exact) mass is 726 g/mol. The Morgan fingerprint density at radius 1 is 0.386 bits per heavy atom. The van der Waals surface area contributed by atoms with Gasteiger partial charge >= 0.3 is 0 Å². The number of rotatable bonds is 6. The van der Waals surface area contributed by atoms with Gasteiger partial charge < -0.3 is 0 Å². The van der Waals surface area contributed by atoms with E-state index in [4.69, 9.17) is 4.98 Å². The Morgan fingerprint density at radius 2 is 0.982 bits per heavy atom. The Morgan fingerprint density at radius 3 is 1.81 bits per heavy atom. The van der Waals surface area contributed by atoms with Gasteiger partial charge in [0.15, 0.2) is 0 Å². The molecular weight excluding hydrogens is 689 g/mol. The van der Waals surface area contributed by atoms with Gasteiger partial charge in [0.05, 0.1) is 11.0 Å². The van der Waals surface area contributed by atoms with Crippen LogP contribution in [0.3, 0.4) is 0 Å². The van der Waals surface area contributed by atoms with E-state index in [0.29, 0.717) is 0 Å². The standard InChI is InChI=1S/C55H38N2/c1-2-53-56-51-28-12-13-29-52(51)57(53)42-22-15-20-38(33-42)37-19-14-21-41(32-37)54-46-26-10-11-27-47(46)55(50-34-39(30-31-48(50)54)36-16-4-3-5-17-36)49-35-40-18-6-7-23-43(40)44-24-8-9-25-45(44)49/h3-35H,2H2,1H3. The molecule has 2 nitrogen and oxygen atoms in total. The summed E-state index contributed by atoms with van der Waals surface area (Å²) in [7, 11) is 0. The molecule has 57 heavy (non-hydrogen) atoms. The van der Waals surface area contributed by atoms with Crippen LogP contribution in [0.4, 0.5) is 0 Å². The molecule has 1 aromatic heterocycles. The highest BCUT2D eigenvalue weighted by atomic mass is 15.1. The molecule has 0 saturated carbocycles. The lowest BCUT2D eigenvalue weighted by Gasteiger charge is -2.21. The van der Waals surface area contributed by atoms with Crippen molar-refractivity contribution in [1.82, 2.24) is 9.55 Å². The van der Waals surface area contributed by atoms with Crippen molar-refractivity contribution in [3.8, 4) is 50.2 Å². The van der Waals surface area contributed by atoms with Crippen molar-refractivity contribution in [2.45, 2.75) is 13.3 Å². The predicted octanol–water partition coefficient (Wildman–Crippen LogP) is 14.9. The summed E-state index contributed by atoms with van der Waals surface area (Å²) >= 11 is 0. The van der Waals surface area contributed by atoms with Crippen molar-refractivity contribution in [2.75, 3.05) is 0 Å². The van der Waals surface area contributed by atoms with Crippen LogP contribution in [0, 0.1) is 0 Å². The molecule has 0 aliphatic heterocycles. The number of hydrogen-bond donors (Lipinski definition) is 0. The van der Waals surface area contributed by atoms with E-state index in [2.05, 4.69) is 212 Å². The SMILES string of the molecule is CCc1nc2ccccc2n1-c1cccc(-c2cccc(-c3c4ccccc4c(-c4cc5ccccc5c5ccccc45)c4cc(-c5ccccc5)ccc34)c2)c1. The van der Waals surface area contributed by atoms with E-state index in [1.54, 1.807) is 0 Å². The maximum atomic E-state index is 4.97. The predicted molar refractivity (Wildman–Crippen MR) is 242 cm³/mol. The van der Waals surface area contributed by atoms with Crippen molar-refractivity contribution < 1.29 is 0 Å². The van der Waals surface area contributed by atoms with E-state index in [-0.39, 0.29) is 0 Å². The highest BCUT2D eigenvalue weighted by molar-refractivity contribution is 6.26. The maximum Gasteiger partial charge on any atom is 0.114 e. The smallest absolute Gasteiger partial charge is 0.114 e. The van der Waals surface area contributed by atoms with Crippen molar-refractivity contribution in [1.29, 1.82) is 0 Å². The molecular formula is C55H38N2. The molecule has 1 heterocycles. The number of benzene rings is 10. The first-order valence-corrected chi connectivity index (χ1v) is 19.9. The summed E-state index contributed by atoms with van der Waals surface area (Å²) in [4.78, 5) is 4.97. The van der Waals surface area contributed by atoms with Gasteiger partial charge in [0.2, 0.25) is 0 Å². The lowest BCUT2D eigenvalue weighted by molar-refractivity contribution is 0.908. The third kappa shape index (κ3) is 5.44. The molecule has 0 aliphatic carbocycles. The van der Waals surface area contributed by atoms with E-state index in [9.17, 15) is 0 Å². The lowest BCUT2D eigenvalue weighted by Crippen LogP contribution is -2.00. The number of imidazole rings is 1. The molecule has 268 valence electrons. The number of aryl methyl sites for hydroxylation is 1. The van der Waals surface area contributed by atoms with Gasteiger partial charge in [-0.2, -0.15) is 0 Å². The van der Waals surface area contributed by atoms with E-state index in [0.717, 1.165) is 29.0 Å². The molecule has 0 saturated heterocycles. The summed E-state index contributed by atoms with van der Waals surface area (Å²) in [6.07, 6.45) is 0.853. The summed E-state index contributed by atoms with van der Waals surface area (Å²) in [5.74, 6) is 1.06. The average molecular weight is 727 g/mol. The Hall–Kier alpha value is -7.29. The Balaban J connectivity index is 1.17. The van der Waals surface area contributed by atoms with Gasteiger partial charge in [-0.3, -0.25) is 4.57 Å². The van der Waals surface area contributed by atoms with Gasteiger partial charge in [0.1, 0.15) is 5.82 Å². The zero-order chi connectivity index (χ0) is 37.9. The molecule has 0 amide bonds. The molecule has 0 unspecified atom stereocenters. The first kappa shape index (κ1) is 33.1. The number of aromatic nitrogens is 2. The van der Waals surface area contributed by atoms with Gasteiger partial charge in [-0.05, 0) is 130 Å². The Bertz CT molecular complexity index is 3330. The quantitative estimate of drug-likeness (QED) is 0.123. The molecule has 0 aliphatic rings. The second kappa shape index (κ2) is 13.5. The van der Waals surface area contributed by atoms with E-state index >= 15 is 0 Å². The summed E-state index contributed by atoms with van der Waals surface area (Å²) in [6, 6.07) is 73.4. The van der Waals surface area contributed by atoms with Crippen LogP contribution in [0.1, 0.15) is 12.7 Å². The minimum Gasteiger partial charge on any atom is -0.296 e. The van der Waals surface area contributed by atoms with E-state index in [1.807, 2.05) is 0 Å². The van der Waals surface area contributed by atoms with Gasteiger partial charge in [-0.15, -0.1) is 0 Å². The Labute approximate surface area is 331 Å². The van der Waals surface area contributed by atoms with Crippen LogP contribution >= 0.6 is 0 Å². The third-order valence-corrected chi connectivity index (χ3v) is 11.7. The van der Waals surface area contributed by atoms with E-state index in [1.165, 1.54) is 87.6 Å². The normalized spacial score (nSPS) is 11.7. The molecule has 0 fully saturated rings. The molecule has 0 bridgehead atoms. The van der Waals surface area contributed by atoms with Crippen LogP contribution in [0.25, 0.3) is 104 Å². The topological polar surface area (TPSA) is 17.8 Å². The fraction of sp³-hybridized carbons (Fsp3) is 0.0364. The first-order valence-electron chi connectivity index (χ1n) is 19.9. The molecule has 10 aromatic carbocycles. The van der Waals surface area contributed by atoms with Crippen LogP contribution in [-0.4, -0.2) is 9.55 Å². The van der Waals surface area contributed by atoms with Crippen molar-refractivity contribution >= 4 is 54.1 Å². The van der Waals surface area contributed by atoms with Gasteiger partial charge in [-0.25, -0.2) is 4.98 Å². The maximum absolute atomic E-state index is 4.97. The van der Waals surface area contributed by atoms with Crippen LogP contribution in [-0.2, 0) is 6.42 Å². The highest BCUT2D eigenvalue weighted by Gasteiger charge is 2.20. The second-order valence-electron chi connectivity index (χ2n) is 14.9. The largest absolute Gasteiger partial charge is 0.296 e. The highest BCUT2D eigenvalue weighted by Crippen LogP contribution is 2.48. The Kier molecular flexibility index (Phi) is 7.82. The molecule has 0 radical (unpaired) electrons. The summed E-state index contributed by atoms with van der Waals surface area (Å²) in [5, 5.41) is 10.0. The molecule has 11 rings (SSSR count). The number of fused-ring (bicyclic) bond motifs is 6. The fourth-order valence-corrected chi connectivity index (χ4v) is 9.13. The van der Waals surface area contributed by atoms with Gasteiger partial charge in [-0.1, -0.05) is 165 Å². The molecule has 11 aromatic rings. The summed E-state index contributed by atoms with van der Waals surface area (Å²) in [6.45, 7) is 2.18. The first-order chi connectivity index (χ1) is 28.2. The van der Waals surface area contributed by atoms with Crippen LogP contribution in [0.2, 0.25) is 0 Å². The van der Waals surface area contributed by atoms with Gasteiger partial charge in [0, 0.05) is 12.1 Å². The van der Waals surface area contributed by atoms with Gasteiger partial charge in [0.25, 0.3) is 0 Å². The van der Waals surface area contributed by atoms with E-state index < -0.39 is 0 Å². The minimum absolute atomic E-state index is 0.853. The second-order valence-corrected chi connectivity index (χ2v) is 14.9. The fourth-order valence-electron chi connectivity index (χ4n) is 9.13. The zero-order valence-electron chi connectivity index (χ0n) is 31.7. The molecule has 0 N–H and O–H groups in total. The van der Waals surface area contributed by atoms with Crippen molar-refractivity contribution in [3.63, 3.8) is 0 Å². The molecule has 2 heteroatoms. The van der Waals surface area contributed by atoms with Crippen LogP contribution < -0.4 is 0 Å². The number of para-hydroxylation sites is 2. The van der Waals surface area contributed by atoms with Crippen LogP contribution in [0.15, 0.2) is 200 Å². The number of hydrogen-bond acceptors (Lipinski definition) is 1. The zero-order valence-corrected chi connectivity index (χ0v) is 31.7. The number of nitrogens with zero attached hydrogens (tertiary/aromatic N) is 2. The molecule has 0 spiro atoms. The minimum atomic E-state index is 0.853. The summed E-state index contributed by atoms with van der Waals surface area (Å²) < 4.78 is 2.31. The lowest BCUT2D eigenvalue weighted by atomic mass is 9.82. The third-order valence-electron chi connectivity index (χ3n) is 11.7. The van der Waals surface area contributed by atoms with Crippen molar-refractivity contribution in [2.24, 2.45) is 0 Å². The summed E-state index contributed by atoms with van der Waals surface area (Å²) in [5.41, 5.74) is 13.0. The van der Waals surface area contributed by atoms with Crippen LogP contribution in [0.5, 0.6) is 0 Å². The molecule has 0 atom stereocenters.